The van der Waals surface area contributed by atoms with Gasteiger partial charge >= 0.3 is 0 Å². The zero-order chi connectivity index (χ0) is 14.0. The summed E-state index contributed by atoms with van der Waals surface area (Å²) in [6.45, 7) is 1.42. The van der Waals surface area contributed by atoms with Gasteiger partial charge in [0, 0.05) is 17.1 Å². The lowest BCUT2D eigenvalue weighted by Crippen LogP contribution is -2.45. The summed E-state index contributed by atoms with van der Waals surface area (Å²) in [5.41, 5.74) is 0. The van der Waals surface area contributed by atoms with Crippen molar-refractivity contribution in [3.63, 3.8) is 0 Å². The lowest BCUT2D eigenvalue weighted by Gasteiger charge is -2.23. The Hall–Kier alpha value is 0.0800. The Bertz CT molecular complexity index is 580. The summed E-state index contributed by atoms with van der Waals surface area (Å²) in [6, 6.07) is 1.94. The minimum Gasteiger partial charge on any atom is -0.315 e. The van der Waals surface area contributed by atoms with E-state index in [0.717, 1.165) is 31.5 Å². The highest BCUT2D eigenvalue weighted by atomic mass is 79.9. The Balaban J connectivity index is 0.00000200. The predicted molar refractivity (Wildman–Crippen MR) is 82.6 cm³/mol. The molecule has 0 aromatic heterocycles. The molecule has 20 heavy (non-hydrogen) atoms. The molecule has 0 aliphatic carbocycles. The largest absolute Gasteiger partial charge is 0.315 e. The van der Waals surface area contributed by atoms with Crippen LogP contribution in [0.1, 0.15) is 12.8 Å². The summed E-state index contributed by atoms with van der Waals surface area (Å²) in [5.74, 6) is -0.826. The number of nitrogens with one attached hydrogen (secondary N) is 2. The van der Waals surface area contributed by atoms with Gasteiger partial charge in [-0.15, -0.1) is 12.4 Å². The number of rotatable bonds is 3. The van der Waals surface area contributed by atoms with Gasteiger partial charge in [0.15, 0.2) is 0 Å². The molecule has 0 bridgehead atoms. The highest BCUT2D eigenvalue weighted by Gasteiger charge is 2.25. The summed E-state index contributed by atoms with van der Waals surface area (Å²) in [5, 5.41) is 3.25. The van der Waals surface area contributed by atoms with Crippen LogP contribution >= 0.6 is 39.9 Å². The van der Waals surface area contributed by atoms with E-state index in [9.17, 15) is 12.8 Å². The molecule has 1 saturated heterocycles. The van der Waals surface area contributed by atoms with Crippen LogP contribution in [0, 0.1) is 5.82 Å². The second kappa shape index (κ2) is 7.38. The summed E-state index contributed by atoms with van der Waals surface area (Å²) >= 11 is 8.86. The van der Waals surface area contributed by atoms with Crippen molar-refractivity contribution in [3.8, 4) is 0 Å². The van der Waals surface area contributed by atoms with E-state index in [2.05, 4.69) is 26.0 Å². The molecule has 2 rings (SSSR count). The fraction of sp³-hybridized carbons (Fsp3) is 0.455. The average Bonchev–Trinajstić information content (AvgIpc) is 2.34. The van der Waals surface area contributed by atoms with Gasteiger partial charge in [-0.1, -0.05) is 11.6 Å². The summed E-state index contributed by atoms with van der Waals surface area (Å²) in [4.78, 5) is -0.425. The van der Waals surface area contributed by atoms with Crippen LogP contribution in [-0.2, 0) is 10.0 Å². The zero-order valence-corrected chi connectivity index (χ0v) is 14.3. The van der Waals surface area contributed by atoms with Crippen molar-refractivity contribution in [1.82, 2.24) is 10.0 Å². The minimum atomic E-state index is -3.90. The van der Waals surface area contributed by atoms with Gasteiger partial charge in [0.1, 0.15) is 10.7 Å². The van der Waals surface area contributed by atoms with Crippen molar-refractivity contribution < 1.29 is 12.8 Å². The minimum absolute atomic E-state index is 0. The Kier molecular flexibility index (Phi) is 6.69. The predicted octanol–water partition coefficient (Wildman–Crippen LogP) is 2.69. The highest BCUT2D eigenvalue weighted by Crippen LogP contribution is 2.28. The molecule has 1 fully saturated rings. The first-order chi connectivity index (χ1) is 8.90. The molecule has 1 heterocycles. The SMILES string of the molecule is Cl.O=S(=O)(NC1CCCNC1)c1cc(Cl)c(Br)cc1F. The number of piperidine rings is 1. The third kappa shape index (κ3) is 4.29. The molecular weight excluding hydrogens is 394 g/mol. The molecule has 9 heteroatoms. The molecular formula is C11H14BrCl2FN2O2S. The quantitative estimate of drug-likeness (QED) is 0.757. The highest BCUT2D eigenvalue weighted by molar-refractivity contribution is 9.10. The van der Waals surface area contributed by atoms with Crippen LogP contribution < -0.4 is 10.0 Å². The van der Waals surface area contributed by atoms with Gasteiger partial charge < -0.3 is 5.32 Å². The van der Waals surface area contributed by atoms with E-state index >= 15 is 0 Å². The number of sulfonamides is 1. The Labute approximate surface area is 137 Å². The third-order valence-electron chi connectivity index (χ3n) is 2.88. The first-order valence-corrected chi connectivity index (χ1v) is 8.43. The number of hydrogen-bond donors (Lipinski definition) is 2. The second-order valence-corrected chi connectivity index (χ2v) is 7.31. The van der Waals surface area contributed by atoms with Crippen molar-refractivity contribution >= 4 is 50.0 Å². The molecule has 2 N–H and O–H groups in total. The maximum absolute atomic E-state index is 13.8. The van der Waals surface area contributed by atoms with Gasteiger partial charge in [0.2, 0.25) is 10.0 Å². The normalized spacial score (nSPS) is 19.4. The Morgan fingerprint density at radius 1 is 1.45 bits per heavy atom. The van der Waals surface area contributed by atoms with E-state index in [0.29, 0.717) is 11.0 Å². The molecule has 1 aromatic carbocycles. The standard InChI is InChI=1S/C11H13BrClFN2O2S.ClH/c12-8-4-10(14)11(5-9(8)13)19(17,18)16-7-2-1-3-15-6-7;/h4-5,7,15-16H,1-3,6H2;1H. The zero-order valence-electron chi connectivity index (χ0n) is 10.3. The van der Waals surface area contributed by atoms with Crippen LogP contribution in [0.3, 0.4) is 0 Å². The van der Waals surface area contributed by atoms with E-state index in [1.165, 1.54) is 0 Å². The fourth-order valence-corrected chi connectivity index (χ4v) is 3.84. The van der Waals surface area contributed by atoms with Crippen molar-refractivity contribution in [2.24, 2.45) is 0 Å². The first kappa shape index (κ1) is 18.1. The van der Waals surface area contributed by atoms with Crippen molar-refractivity contribution in [2.45, 2.75) is 23.8 Å². The van der Waals surface area contributed by atoms with Gasteiger partial charge in [-0.2, -0.15) is 0 Å². The molecule has 1 unspecified atom stereocenters. The first-order valence-electron chi connectivity index (χ1n) is 5.78. The fourth-order valence-electron chi connectivity index (χ4n) is 1.95. The van der Waals surface area contributed by atoms with Crippen LogP contribution in [0.25, 0.3) is 0 Å². The summed E-state index contributed by atoms with van der Waals surface area (Å²) < 4.78 is 40.8. The number of benzene rings is 1. The molecule has 0 saturated carbocycles. The van der Waals surface area contributed by atoms with Gasteiger partial charge in [-0.3, -0.25) is 0 Å². The molecule has 0 spiro atoms. The van der Waals surface area contributed by atoms with E-state index in [-0.39, 0.29) is 23.5 Å². The maximum atomic E-state index is 13.8. The van der Waals surface area contributed by atoms with E-state index in [1.807, 2.05) is 0 Å². The van der Waals surface area contributed by atoms with Gasteiger partial charge in [-0.25, -0.2) is 17.5 Å². The lowest BCUT2D eigenvalue weighted by molar-refractivity contribution is 0.427. The molecule has 114 valence electrons. The van der Waals surface area contributed by atoms with Crippen molar-refractivity contribution in [2.75, 3.05) is 13.1 Å². The van der Waals surface area contributed by atoms with E-state index in [4.69, 9.17) is 11.6 Å². The molecule has 1 aliphatic heterocycles. The topological polar surface area (TPSA) is 58.2 Å². The van der Waals surface area contributed by atoms with Crippen molar-refractivity contribution in [1.29, 1.82) is 0 Å². The van der Waals surface area contributed by atoms with Crippen LogP contribution in [0.4, 0.5) is 4.39 Å². The Morgan fingerprint density at radius 3 is 2.75 bits per heavy atom. The number of hydrogen-bond acceptors (Lipinski definition) is 3. The Morgan fingerprint density at radius 2 is 2.15 bits per heavy atom. The van der Waals surface area contributed by atoms with E-state index in [1.54, 1.807) is 0 Å². The van der Waals surface area contributed by atoms with Crippen LogP contribution in [-0.4, -0.2) is 27.5 Å². The van der Waals surface area contributed by atoms with Crippen LogP contribution in [0.5, 0.6) is 0 Å². The molecule has 0 amide bonds. The smallest absolute Gasteiger partial charge is 0.243 e. The maximum Gasteiger partial charge on any atom is 0.243 e. The van der Waals surface area contributed by atoms with Gasteiger partial charge in [-0.05, 0) is 47.4 Å². The summed E-state index contributed by atoms with van der Waals surface area (Å²) in [6.07, 6.45) is 1.62. The van der Waals surface area contributed by atoms with Gasteiger partial charge in [0.25, 0.3) is 0 Å². The number of halogens is 4. The van der Waals surface area contributed by atoms with Gasteiger partial charge in [0.05, 0.1) is 5.02 Å². The van der Waals surface area contributed by atoms with Crippen molar-refractivity contribution in [3.05, 3.63) is 27.4 Å². The molecule has 1 aliphatic rings. The molecule has 1 atom stereocenters. The van der Waals surface area contributed by atoms with Crippen LogP contribution in [0.2, 0.25) is 5.02 Å². The third-order valence-corrected chi connectivity index (χ3v) is 5.62. The molecule has 1 aromatic rings. The second-order valence-electron chi connectivity index (χ2n) is 4.36. The monoisotopic (exact) mass is 406 g/mol. The van der Waals surface area contributed by atoms with Crippen LogP contribution in [0.15, 0.2) is 21.5 Å². The van der Waals surface area contributed by atoms with E-state index < -0.39 is 20.7 Å². The summed E-state index contributed by atoms with van der Waals surface area (Å²) in [7, 11) is -3.90. The molecule has 0 radical (unpaired) electrons. The average molecular weight is 408 g/mol. The molecule has 4 nitrogen and oxygen atoms in total. The lowest BCUT2D eigenvalue weighted by atomic mass is 10.1.